The van der Waals surface area contributed by atoms with Gasteiger partial charge in [0.1, 0.15) is 5.65 Å². The summed E-state index contributed by atoms with van der Waals surface area (Å²) in [6.07, 6.45) is 5.98. The Morgan fingerprint density at radius 2 is 1.23 bits per heavy atom. The molecule has 3 heteroatoms. The number of para-hydroxylation sites is 1. The highest BCUT2D eigenvalue weighted by Gasteiger charge is 2.40. The molecule has 0 N–H and O–H groups in total. The van der Waals surface area contributed by atoms with Gasteiger partial charge in [0.15, 0.2) is 0 Å². The normalized spacial score (nSPS) is 13.1. The monoisotopic (exact) mass is 617 g/mol. The largest absolute Gasteiger partial charge is 0.294 e. The lowest BCUT2D eigenvalue weighted by Gasteiger charge is -2.30. The first-order chi connectivity index (χ1) is 23.7. The molecule has 9 rings (SSSR count). The summed E-state index contributed by atoms with van der Waals surface area (Å²) in [7, 11) is 0. The van der Waals surface area contributed by atoms with E-state index in [1.165, 1.54) is 44.3 Å². The summed E-state index contributed by atoms with van der Waals surface area (Å²) in [5.41, 5.74) is 15.6. The molecule has 1 aliphatic carbocycles. The molecule has 0 amide bonds. The van der Waals surface area contributed by atoms with Gasteiger partial charge in [0.2, 0.25) is 0 Å². The van der Waals surface area contributed by atoms with E-state index in [2.05, 4.69) is 152 Å². The third kappa shape index (κ3) is 4.28. The number of aromatic nitrogens is 3. The van der Waals surface area contributed by atoms with Gasteiger partial charge < -0.3 is 0 Å². The zero-order valence-electron chi connectivity index (χ0n) is 27.2. The highest BCUT2D eigenvalue weighted by molar-refractivity contribution is 6.08. The first-order valence-corrected chi connectivity index (χ1v) is 16.9. The van der Waals surface area contributed by atoms with Crippen LogP contribution < -0.4 is 0 Å². The number of rotatable bonds is 6. The van der Waals surface area contributed by atoms with Crippen molar-refractivity contribution in [2.45, 2.75) is 32.1 Å². The lowest BCUT2D eigenvalue weighted by Crippen LogP contribution is -2.23. The van der Waals surface area contributed by atoms with Gasteiger partial charge >= 0.3 is 0 Å². The maximum Gasteiger partial charge on any atom is 0.145 e. The van der Waals surface area contributed by atoms with Crippen LogP contribution in [0.2, 0.25) is 0 Å². The highest BCUT2D eigenvalue weighted by Crippen LogP contribution is 2.53. The topological polar surface area (TPSA) is 30.7 Å². The fourth-order valence-electron chi connectivity index (χ4n) is 8.16. The second-order valence-corrected chi connectivity index (χ2v) is 12.9. The summed E-state index contributed by atoms with van der Waals surface area (Å²) in [6.45, 7) is 4.66. The van der Waals surface area contributed by atoms with Gasteiger partial charge in [0.25, 0.3) is 0 Å². The predicted molar refractivity (Wildman–Crippen MR) is 199 cm³/mol. The minimum Gasteiger partial charge on any atom is -0.294 e. The van der Waals surface area contributed by atoms with Crippen LogP contribution in [0.3, 0.4) is 0 Å². The standard InChI is InChI=1S/C45H35N3/c1-3-45(4-2)40-18-10-8-15-36(40)37-21-20-31(28-41(37)45)32-22-24-46-42(29-32)34-25-33(30-13-6-5-7-14-30)26-35(27-34)48-43-19-11-9-16-38(43)39-17-12-23-47-44(39)48/h5-29H,3-4H2,1-2H3. The summed E-state index contributed by atoms with van der Waals surface area (Å²) in [5.74, 6) is 0. The van der Waals surface area contributed by atoms with E-state index in [0.29, 0.717) is 0 Å². The van der Waals surface area contributed by atoms with Crippen molar-refractivity contribution in [3.63, 3.8) is 0 Å². The van der Waals surface area contributed by atoms with Gasteiger partial charge in [-0.15, -0.1) is 0 Å². The number of fused-ring (bicyclic) bond motifs is 6. The first kappa shape index (κ1) is 28.4. The third-order valence-corrected chi connectivity index (χ3v) is 10.6. The molecule has 5 aromatic carbocycles. The van der Waals surface area contributed by atoms with Gasteiger partial charge in [0.05, 0.1) is 11.2 Å². The summed E-state index contributed by atoms with van der Waals surface area (Å²) in [5, 5.41) is 2.34. The van der Waals surface area contributed by atoms with E-state index in [1.54, 1.807) is 0 Å². The summed E-state index contributed by atoms with van der Waals surface area (Å²) in [4.78, 5) is 9.83. The van der Waals surface area contributed by atoms with Crippen LogP contribution in [0, 0.1) is 0 Å². The zero-order chi connectivity index (χ0) is 32.2. The Balaban J connectivity index is 1.22. The van der Waals surface area contributed by atoms with Crippen LogP contribution in [-0.2, 0) is 5.41 Å². The second-order valence-electron chi connectivity index (χ2n) is 12.9. The zero-order valence-corrected chi connectivity index (χ0v) is 27.2. The van der Waals surface area contributed by atoms with Crippen molar-refractivity contribution in [1.29, 1.82) is 0 Å². The predicted octanol–water partition coefficient (Wildman–Crippen LogP) is 11.7. The molecule has 3 aromatic heterocycles. The van der Waals surface area contributed by atoms with Crippen LogP contribution in [-0.4, -0.2) is 14.5 Å². The smallest absolute Gasteiger partial charge is 0.145 e. The number of benzene rings is 5. The Kier molecular flexibility index (Phi) is 6.62. The third-order valence-electron chi connectivity index (χ3n) is 10.6. The van der Waals surface area contributed by atoms with Gasteiger partial charge in [-0.1, -0.05) is 98.8 Å². The van der Waals surface area contributed by atoms with Crippen LogP contribution in [0.4, 0.5) is 0 Å². The van der Waals surface area contributed by atoms with Gasteiger partial charge in [-0.3, -0.25) is 9.55 Å². The molecule has 230 valence electrons. The minimum absolute atomic E-state index is 0.0348. The summed E-state index contributed by atoms with van der Waals surface area (Å²) < 4.78 is 2.29. The van der Waals surface area contributed by atoms with Gasteiger partial charge in [-0.2, -0.15) is 0 Å². The van der Waals surface area contributed by atoms with Gasteiger partial charge in [-0.05, 0) is 112 Å². The van der Waals surface area contributed by atoms with E-state index in [4.69, 9.17) is 9.97 Å². The summed E-state index contributed by atoms with van der Waals surface area (Å²) in [6, 6.07) is 50.6. The highest BCUT2D eigenvalue weighted by atomic mass is 15.0. The Morgan fingerprint density at radius 3 is 2.10 bits per heavy atom. The lowest BCUT2D eigenvalue weighted by atomic mass is 9.73. The van der Waals surface area contributed by atoms with Crippen molar-refractivity contribution < 1.29 is 0 Å². The van der Waals surface area contributed by atoms with Crippen molar-refractivity contribution in [2.24, 2.45) is 0 Å². The van der Waals surface area contributed by atoms with Crippen molar-refractivity contribution in [2.75, 3.05) is 0 Å². The average molecular weight is 618 g/mol. The minimum atomic E-state index is 0.0348. The molecular formula is C45H35N3. The molecule has 0 saturated heterocycles. The maximum absolute atomic E-state index is 4.96. The molecule has 0 fully saturated rings. The van der Waals surface area contributed by atoms with E-state index in [9.17, 15) is 0 Å². The molecule has 0 unspecified atom stereocenters. The molecule has 0 radical (unpaired) electrons. The van der Waals surface area contributed by atoms with Crippen LogP contribution in [0.25, 0.3) is 72.3 Å². The molecule has 3 nitrogen and oxygen atoms in total. The van der Waals surface area contributed by atoms with Crippen LogP contribution in [0.1, 0.15) is 37.8 Å². The Labute approximate surface area is 281 Å². The number of pyridine rings is 2. The molecule has 0 saturated carbocycles. The molecule has 0 spiro atoms. The van der Waals surface area contributed by atoms with E-state index in [-0.39, 0.29) is 5.41 Å². The fourth-order valence-corrected chi connectivity index (χ4v) is 8.16. The Morgan fingerprint density at radius 1 is 0.500 bits per heavy atom. The van der Waals surface area contributed by atoms with Gasteiger partial charge in [0, 0.05) is 39.8 Å². The fraction of sp³-hybridized carbons (Fsp3) is 0.111. The van der Waals surface area contributed by atoms with Crippen LogP contribution >= 0.6 is 0 Å². The molecule has 0 aliphatic heterocycles. The molecular weight excluding hydrogens is 583 g/mol. The number of hydrogen-bond acceptors (Lipinski definition) is 2. The molecule has 8 aromatic rings. The maximum atomic E-state index is 4.96. The van der Waals surface area contributed by atoms with Crippen LogP contribution in [0.15, 0.2) is 152 Å². The SMILES string of the molecule is CCC1(CC)c2ccccc2-c2ccc(-c3ccnc(-c4cc(-c5ccccc5)cc(-n5c6ccccc6c6cccnc65)c4)c3)cc21. The molecule has 1 aliphatic rings. The van der Waals surface area contributed by atoms with E-state index < -0.39 is 0 Å². The second kappa shape index (κ2) is 11.2. The average Bonchev–Trinajstić information content (AvgIpc) is 3.65. The van der Waals surface area contributed by atoms with E-state index in [0.717, 1.165) is 51.9 Å². The molecule has 48 heavy (non-hydrogen) atoms. The number of hydrogen-bond donors (Lipinski definition) is 0. The van der Waals surface area contributed by atoms with Crippen molar-refractivity contribution >= 4 is 21.9 Å². The first-order valence-electron chi connectivity index (χ1n) is 16.9. The lowest BCUT2D eigenvalue weighted by molar-refractivity contribution is 0.490. The number of nitrogens with zero attached hydrogens (tertiary/aromatic N) is 3. The van der Waals surface area contributed by atoms with Crippen molar-refractivity contribution in [3.8, 4) is 50.3 Å². The summed E-state index contributed by atoms with van der Waals surface area (Å²) >= 11 is 0. The van der Waals surface area contributed by atoms with E-state index in [1.807, 2.05) is 18.5 Å². The van der Waals surface area contributed by atoms with E-state index >= 15 is 0 Å². The van der Waals surface area contributed by atoms with Gasteiger partial charge in [-0.25, -0.2) is 4.98 Å². The van der Waals surface area contributed by atoms with Crippen molar-refractivity contribution in [3.05, 3.63) is 163 Å². The van der Waals surface area contributed by atoms with Crippen molar-refractivity contribution in [1.82, 2.24) is 14.5 Å². The quantitative estimate of drug-likeness (QED) is 0.186. The Bertz CT molecular complexity index is 2430. The Hall–Kier alpha value is -5.80. The van der Waals surface area contributed by atoms with Crippen LogP contribution in [0.5, 0.6) is 0 Å². The molecule has 0 atom stereocenters. The molecule has 0 bridgehead atoms. The molecule has 3 heterocycles.